The third-order valence-corrected chi connectivity index (χ3v) is 4.26. The van der Waals surface area contributed by atoms with E-state index in [2.05, 4.69) is 5.32 Å². The fraction of sp³-hybridized carbons (Fsp3) is 0.800. The number of carboxylic acids is 1. The number of carboxylic acid groups (broad SMARTS) is 1. The van der Waals surface area contributed by atoms with Crippen LogP contribution in [0.1, 0.15) is 47.0 Å². The van der Waals surface area contributed by atoms with Gasteiger partial charge in [0.1, 0.15) is 5.54 Å². The van der Waals surface area contributed by atoms with Crippen LogP contribution in [0.4, 0.5) is 0 Å². The number of rotatable bonds is 6. The predicted molar refractivity (Wildman–Crippen MR) is 78.9 cm³/mol. The van der Waals surface area contributed by atoms with Crippen molar-refractivity contribution in [2.45, 2.75) is 58.5 Å². The van der Waals surface area contributed by atoms with Crippen LogP contribution in [0.2, 0.25) is 0 Å². The SMILES string of the molecule is CC(=O)C(NC(=O)CN1CCCCC1(C)C(=O)O)C(C)C. The van der Waals surface area contributed by atoms with Crippen LogP contribution in [-0.4, -0.2) is 52.3 Å². The van der Waals surface area contributed by atoms with Gasteiger partial charge in [-0.25, -0.2) is 0 Å². The van der Waals surface area contributed by atoms with E-state index in [4.69, 9.17) is 0 Å². The first-order valence-corrected chi connectivity index (χ1v) is 7.46. The summed E-state index contributed by atoms with van der Waals surface area (Å²) >= 11 is 0. The van der Waals surface area contributed by atoms with Gasteiger partial charge in [-0.05, 0) is 45.6 Å². The number of hydrogen-bond acceptors (Lipinski definition) is 4. The maximum absolute atomic E-state index is 12.1. The largest absolute Gasteiger partial charge is 0.480 e. The molecule has 2 unspecified atom stereocenters. The van der Waals surface area contributed by atoms with Crippen LogP contribution < -0.4 is 5.32 Å². The fourth-order valence-corrected chi connectivity index (χ4v) is 2.80. The molecule has 2 N–H and O–H groups in total. The van der Waals surface area contributed by atoms with Crippen molar-refractivity contribution in [3.8, 4) is 0 Å². The molecule has 0 bridgehead atoms. The maximum Gasteiger partial charge on any atom is 0.323 e. The van der Waals surface area contributed by atoms with Crippen LogP contribution in [0.15, 0.2) is 0 Å². The predicted octanol–water partition coefficient (Wildman–Crippen LogP) is 1.05. The number of carbonyl (C=O) groups excluding carboxylic acids is 2. The monoisotopic (exact) mass is 298 g/mol. The number of nitrogens with one attached hydrogen (secondary N) is 1. The first-order valence-electron chi connectivity index (χ1n) is 7.46. The van der Waals surface area contributed by atoms with E-state index in [1.807, 2.05) is 13.8 Å². The van der Waals surface area contributed by atoms with Crippen molar-refractivity contribution in [3.05, 3.63) is 0 Å². The van der Waals surface area contributed by atoms with Crippen LogP contribution in [0, 0.1) is 5.92 Å². The molecule has 1 fully saturated rings. The molecule has 6 heteroatoms. The van der Waals surface area contributed by atoms with Crippen molar-refractivity contribution >= 4 is 17.7 Å². The highest BCUT2D eigenvalue weighted by molar-refractivity contribution is 5.89. The Hall–Kier alpha value is -1.43. The number of nitrogens with zero attached hydrogens (tertiary/aromatic N) is 1. The summed E-state index contributed by atoms with van der Waals surface area (Å²) in [5.41, 5.74) is -1.00. The Bertz CT molecular complexity index is 422. The Morgan fingerprint density at radius 1 is 1.29 bits per heavy atom. The molecule has 1 saturated heterocycles. The lowest BCUT2D eigenvalue weighted by molar-refractivity contribution is -0.154. The number of aliphatic carboxylic acids is 1. The van der Waals surface area contributed by atoms with E-state index in [-0.39, 0.29) is 24.2 Å². The van der Waals surface area contributed by atoms with Crippen LogP contribution in [-0.2, 0) is 14.4 Å². The summed E-state index contributed by atoms with van der Waals surface area (Å²) in [5, 5.41) is 12.1. The second kappa shape index (κ2) is 7.02. The van der Waals surface area contributed by atoms with Crippen molar-refractivity contribution in [1.29, 1.82) is 0 Å². The van der Waals surface area contributed by atoms with Crippen molar-refractivity contribution in [1.82, 2.24) is 10.2 Å². The molecular formula is C15H26N2O4. The standard InChI is InChI=1S/C15H26N2O4/c1-10(2)13(11(3)18)16-12(19)9-17-8-6-5-7-15(17,4)14(20)21/h10,13H,5-9H2,1-4H3,(H,16,19)(H,20,21). The van der Waals surface area contributed by atoms with Crippen LogP contribution in [0.5, 0.6) is 0 Å². The van der Waals surface area contributed by atoms with Crippen LogP contribution >= 0.6 is 0 Å². The number of Topliss-reactive ketones (excluding diaryl/α,β-unsaturated/α-hetero) is 1. The minimum absolute atomic E-state index is 0.0127. The molecule has 120 valence electrons. The van der Waals surface area contributed by atoms with Crippen LogP contribution in [0.3, 0.4) is 0 Å². The third-order valence-electron chi connectivity index (χ3n) is 4.26. The number of likely N-dealkylation sites (tertiary alicyclic amines) is 1. The third kappa shape index (κ3) is 4.27. The second-order valence-corrected chi connectivity index (χ2v) is 6.36. The molecule has 0 spiro atoms. The summed E-state index contributed by atoms with van der Waals surface area (Å²) in [6.07, 6.45) is 2.27. The van der Waals surface area contributed by atoms with E-state index >= 15 is 0 Å². The average molecular weight is 298 g/mol. The molecule has 1 amide bonds. The molecule has 1 rings (SSSR count). The zero-order valence-corrected chi connectivity index (χ0v) is 13.3. The maximum atomic E-state index is 12.1. The first-order chi connectivity index (χ1) is 9.68. The van der Waals surface area contributed by atoms with Gasteiger partial charge >= 0.3 is 5.97 Å². The van der Waals surface area contributed by atoms with Gasteiger partial charge in [0.2, 0.25) is 5.91 Å². The van der Waals surface area contributed by atoms with Gasteiger partial charge in [0.05, 0.1) is 12.6 Å². The molecule has 0 aliphatic carbocycles. The quantitative estimate of drug-likeness (QED) is 0.765. The molecule has 0 aromatic carbocycles. The molecule has 2 atom stereocenters. The van der Waals surface area contributed by atoms with Gasteiger partial charge in [-0.15, -0.1) is 0 Å². The highest BCUT2D eigenvalue weighted by atomic mass is 16.4. The van der Waals surface area contributed by atoms with E-state index in [1.54, 1.807) is 11.8 Å². The van der Waals surface area contributed by atoms with Crippen molar-refractivity contribution in [2.75, 3.05) is 13.1 Å². The van der Waals surface area contributed by atoms with E-state index < -0.39 is 17.6 Å². The lowest BCUT2D eigenvalue weighted by Crippen LogP contribution is -2.58. The van der Waals surface area contributed by atoms with Crippen molar-refractivity contribution in [3.63, 3.8) is 0 Å². The van der Waals surface area contributed by atoms with Gasteiger partial charge in [-0.1, -0.05) is 13.8 Å². The molecule has 1 aliphatic heterocycles. The Labute approximate surface area is 125 Å². The second-order valence-electron chi connectivity index (χ2n) is 6.36. The Balaban J connectivity index is 2.72. The molecule has 1 aliphatic rings. The highest BCUT2D eigenvalue weighted by Crippen LogP contribution is 2.27. The van der Waals surface area contributed by atoms with Gasteiger partial charge < -0.3 is 10.4 Å². The summed E-state index contributed by atoms with van der Waals surface area (Å²) < 4.78 is 0. The molecule has 0 saturated carbocycles. The summed E-state index contributed by atoms with van der Waals surface area (Å²) in [7, 11) is 0. The topological polar surface area (TPSA) is 86.7 Å². The van der Waals surface area contributed by atoms with E-state index in [9.17, 15) is 19.5 Å². The molecule has 0 aromatic heterocycles. The van der Waals surface area contributed by atoms with Gasteiger partial charge in [0.15, 0.2) is 5.78 Å². The summed E-state index contributed by atoms with van der Waals surface area (Å²) in [5.74, 6) is -1.27. The number of hydrogen-bond donors (Lipinski definition) is 2. The van der Waals surface area contributed by atoms with E-state index in [0.29, 0.717) is 13.0 Å². The molecular weight excluding hydrogens is 272 g/mol. The Kier molecular flexibility index (Phi) is 5.89. The van der Waals surface area contributed by atoms with Gasteiger partial charge in [-0.3, -0.25) is 19.3 Å². The molecule has 1 heterocycles. The zero-order chi connectivity index (χ0) is 16.2. The van der Waals surface area contributed by atoms with E-state index in [0.717, 1.165) is 12.8 Å². The number of piperidine rings is 1. The van der Waals surface area contributed by atoms with Crippen molar-refractivity contribution in [2.24, 2.45) is 5.92 Å². The highest BCUT2D eigenvalue weighted by Gasteiger charge is 2.42. The Morgan fingerprint density at radius 3 is 2.38 bits per heavy atom. The number of carbonyl (C=O) groups is 3. The lowest BCUT2D eigenvalue weighted by atomic mass is 9.88. The molecule has 6 nitrogen and oxygen atoms in total. The first kappa shape index (κ1) is 17.6. The van der Waals surface area contributed by atoms with Crippen LogP contribution in [0.25, 0.3) is 0 Å². The normalized spacial score (nSPS) is 24.6. The summed E-state index contributed by atoms with van der Waals surface area (Å²) in [4.78, 5) is 36.8. The van der Waals surface area contributed by atoms with Gasteiger partial charge in [0, 0.05) is 0 Å². The smallest absolute Gasteiger partial charge is 0.323 e. The average Bonchev–Trinajstić information content (AvgIpc) is 2.37. The molecule has 0 radical (unpaired) electrons. The lowest BCUT2D eigenvalue weighted by Gasteiger charge is -2.41. The van der Waals surface area contributed by atoms with E-state index in [1.165, 1.54) is 6.92 Å². The minimum Gasteiger partial charge on any atom is -0.480 e. The van der Waals surface area contributed by atoms with Gasteiger partial charge in [0.25, 0.3) is 0 Å². The summed E-state index contributed by atoms with van der Waals surface area (Å²) in [6.45, 7) is 7.45. The van der Waals surface area contributed by atoms with Gasteiger partial charge in [-0.2, -0.15) is 0 Å². The fourth-order valence-electron chi connectivity index (χ4n) is 2.80. The number of amides is 1. The van der Waals surface area contributed by atoms with Crippen molar-refractivity contribution < 1.29 is 19.5 Å². The number of ketones is 1. The summed E-state index contributed by atoms with van der Waals surface area (Å²) in [6, 6.07) is -0.515. The Morgan fingerprint density at radius 2 is 1.90 bits per heavy atom. The molecule has 21 heavy (non-hydrogen) atoms. The minimum atomic E-state index is -1.00. The zero-order valence-electron chi connectivity index (χ0n) is 13.3. The molecule has 0 aromatic rings.